The Morgan fingerprint density at radius 1 is 1.23 bits per heavy atom. The van der Waals surface area contributed by atoms with Crippen molar-refractivity contribution >= 4 is 23.5 Å². The predicted octanol–water partition coefficient (Wildman–Crippen LogP) is 3.45. The molecule has 0 radical (unpaired) electrons. The van der Waals surface area contributed by atoms with Crippen molar-refractivity contribution in [3.05, 3.63) is 6.20 Å². The SMILES string of the molecule is C[C@H]1C[C@@H](Nc2ncc(N)c(NC3CCC(NC(=O)O)(C(C)(C)C)CC3)n2)CCO1. The van der Waals surface area contributed by atoms with Gasteiger partial charge in [-0.25, -0.2) is 9.78 Å². The molecule has 1 aliphatic heterocycles. The van der Waals surface area contributed by atoms with Gasteiger partial charge in [0.1, 0.15) is 0 Å². The molecule has 1 aromatic heterocycles. The van der Waals surface area contributed by atoms with E-state index in [4.69, 9.17) is 10.5 Å². The molecule has 9 heteroatoms. The molecule has 1 amide bonds. The van der Waals surface area contributed by atoms with Crippen LogP contribution in [0.4, 0.5) is 22.2 Å². The summed E-state index contributed by atoms with van der Waals surface area (Å²) in [6, 6.07) is 0.471. The summed E-state index contributed by atoms with van der Waals surface area (Å²) < 4.78 is 5.60. The smallest absolute Gasteiger partial charge is 0.405 e. The third-order valence-electron chi connectivity index (χ3n) is 6.60. The van der Waals surface area contributed by atoms with Gasteiger partial charge in [-0.15, -0.1) is 0 Å². The molecule has 0 unspecified atom stereocenters. The van der Waals surface area contributed by atoms with Gasteiger partial charge in [0.2, 0.25) is 5.95 Å². The normalized spacial score (nSPS) is 29.8. The van der Waals surface area contributed by atoms with Gasteiger partial charge in [0.15, 0.2) is 5.82 Å². The van der Waals surface area contributed by atoms with Crippen molar-refractivity contribution < 1.29 is 14.6 Å². The van der Waals surface area contributed by atoms with Crippen molar-refractivity contribution in [2.75, 3.05) is 23.0 Å². The molecule has 0 bridgehead atoms. The van der Waals surface area contributed by atoms with Crippen molar-refractivity contribution in [2.45, 2.75) is 89.9 Å². The Morgan fingerprint density at radius 2 is 1.93 bits per heavy atom. The molecule has 0 aromatic carbocycles. The molecule has 1 saturated heterocycles. The topological polar surface area (TPSA) is 134 Å². The number of hydrogen-bond donors (Lipinski definition) is 5. The zero-order valence-electron chi connectivity index (χ0n) is 18.5. The van der Waals surface area contributed by atoms with Crippen LogP contribution in [0.1, 0.15) is 66.2 Å². The van der Waals surface area contributed by atoms with Crippen LogP contribution >= 0.6 is 0 Å². The van der Waals surface area contributed by atoms with E-state index in [1.807, 2.05) is 0 Å². The van der Waals surface area contributed by atoms with Crippen molar-refractivity contribution in [1.29, 1.82) is 0 Å². The highest BCUT2D eigenvalue weighted by Crippen LogP contribution is 2.42. The standard InChI is InChI=1S/C21H36N6O3/c1-13-11-15(7-10-30-13)25-18-23-12-16(22)17(26-18)24-14-5-8-21(9-6-14,20(2,3)4)27-19(28)29/h12-15,27H,5-11,22H2,1-4H3,(H,28,29)(H2,23,24,25,26)/t13-,14?,15-,21?/m0/s1. The van der Waals surface area contributed by atoms with Gasteiger partial charge in [-0.1, -0.05) is 20.8 Å². The number of carbonyl (C=O) groups is 1. The van der Waals surface area contributed by atoms with E-state index < -0.39 is 11.6 Å². The second-order valence-corrected chi connectivity index (χ2v) is 9.73. The quantitative estimate of drug-likeness (QED) is 0.489. The van der Waals surface area contributed by atoms with E-state index in [0.717, 1.165) is 45.1 Å². The maximum absolute atomic E-state index is 11.4. The molecule has 2 heterocycles. The highest BCUT2D eigenvalue weighted by atomic mass is 16.5. The molecule has 6 N–H and O–H groups in total. The zero-order valence-corrected chi connectivity index (χ0v) is 18.5. The van der Waals surface area contributed by atoms with E-state index in [-0.39, 0.29) is 23.6 Å². The number of anilines is 3. The van der Waals surface area contributed by atoms with E-state index in [9.17, 15) is 9.90 Å². The molecule has 2 atom stereocenters. The highest BCUT2D eigenvalue weighted by Gasteiger charge is 2.45. The monoisotopic (exact) mass is 420 g/mol. The number of nitrogens with zero attached hydrogens (tertiary/aromatic N) is 2. The lowest BCUT2D eigenvalue weighted by Gasteiger charge is -2.49. The summed E-state index contributed by atoms with van der Waals surface area (Å²) in [4.78, 5) is 20.3. The molecule has 2 fully saturated rings. The van der Waals surface area contributed by atoms with Crippen LogP contribution in [0.3, 0.4) is 0 Å². The number of nitrogen functional groups attached to an aromatic ring is 1. The van der Waals surface area contributed by atoms with Crippen molar-refractivity contribution in [2.24, 2.45) is 5.41 Å². The largest absolute Gasteiger partial charge is 0.465 e. The molecular weight excluding hydrogens is 384 g/mol. The Balaban J connectivity index is 1.63. The summed E-state index contributed by atoms with van der Waals surface area (Å²) in [7, 11) is 0. The fraction of sp³-hybridized carbons (Fsp3) is 0.762. The summed E-state index contributed by atoms with van der Waals surface area (Å²) in [5.41, 5.74) is 6.04. The number of nitrogens with one attached hydrogen (secondary N) is 3. The first kappa shape index (κ1) is 22.4. The van der Waals surface area contributed by atoms with Crippen LogP contribution < -0.4 is 21.7 Å². The molecule has 3 rings (SSSR count). The zero-order chi connectivity index (χ0) is 21.9. The van der Waals surface area contributed by atoms with Crippen molar-refractivity contribution in [3.63, 3.8) is 0 Å². The lowest BCUT2D eigenvalue weighted by Crippen LogP contribution is -2.59. The number of aromatic nitrogens is 2. The van der Waals surface area contributed by atoms with Crippen LogP contribution in [0.15, 0.2) is 6.20 Å². The average Bonchev–Trinajstić information content (AvgIpc) is 2.65. The lowest BCUT2D eigenvalue weighted by atomic mass is 9.64. The first-order valence-electron chi connectivity index (χ1n) is 10.9. The third-order valence-corrected chi connectivity index (χ3v) is 6.60. The molecule has 1 saturated carbocycles. The summed E-state index contributed by atoms with van der Waals surface area (Å²) in [5, 5.41) is 19.0. The van der Waals surface area contributed by atoms with Gasteiger partial charge in [-0.2, -0.15) is 4.98 Å². The Hall–Kier alpha value is -2.29. The highest BCUT2D eigenvalue weighted by molar-refractivity contribution is 5.66. The Bertz CT molecular complexity index is 743. The Labute approximate surface area is 178 Å². The second kappa shape index (κ2) is 8.83. The number of hydrogen-bond acceptors (Lipinski definition) is 7. The average molecular weight is 421 g/mol. The van der Waals surface area contributed by atoms with Crippen LogP contribution in [0.25, 0.3) is 0 Å². The molecule has 168 valence electrons. The van der Waals surface area contributed by atoms with E-state index in [2.05, 4.69) is 53.6 Å². The van der Waals surface area contributed by atoms with Crippen LogP contribution in [0.5, 0.6) is 0 Å². The molecule has 0 spiro atoms. The van der Waals surface area contributed by atoms with Crippen LogP contribution in [-0.2, 0) is 4.74 Å². The lowest BCUT2D eigenvalue weighted by molar-refractivity contribution is 0.0231. The summed E-state index contributed by atoms with van der Waals surface area (Å²) in [5.74, 6) is 1.20. The number of amides is 1. The van der Waals surface area contributed by atoms with Crippen molar-refractivity contribution in [3.8, 4) is 0 Å². The van der Waals surface area contributed by atoms with Crippen LogP contribution in [0, 0.1) is 5.41 Å². The fourth-order valence-electron chi connectivity index (χ4n) is 4.60. The minimum absolute atomic E-state index is 0.164. The van der Waals surface area contributed by atoms with Gasteiger partial charge < -0.3 is 31.5 Å². The first-order chi connectivity index (χ1) is 14.1. The minimum atomic E-state index is -0.963. The second-order valence-electron chi connectivity index (χ2n) is 9.73. The summed E-state index contributed by atoms with van der Waals surface area (Å²) in [6.45, 7) is 9.09. The number of nitrogens with two attached hydrogens (primary N) is 1. The fourth-order valence-corrected chi connectivity index (χ4v) is 4.60. The maximum Gasteiger partial charge on any atom is 0.405 e. The Kier molecular flexibility index (Phi) is 6.59. The van der Waals surface area contributed by atoms with Gasteiger partial charge in [-0.3, -0.25) is 0 Å². The van der Waals surface area contributed by atoms with Gasteiger partial charge in [-0.05, 0) is 50.9 Å². The Morgan fingerprint density at radius 3 is 2.53 bits per heavy atom. The minimum Gasteiger partial charge on any atom is -0.465 e. The van der Waals surface area contributed by atoms with Gasteiger partial charge in [0, 0.05) is 24.2 Å². The molecule has 2 aliphatic rings. The number of rotatable bonds is 5. The first-order valence-corrected chi connectivity index (χ1v) is 10.9. The van der Waals surface area contributed by atoms with E-state index >= 15 is 0 Å². The van der Waals surface area contributed by atoms with Crippen molar-refractivity contribution in [1.82, 2.24) is 15.3 Å². The predicted molar refractivity (Wildman–Crippen MR) is 118 cm³/mol. The number of ether oxygens (including phenoxy) is 1. The van der Waals surface area contributed by atoms with E-state index in [1.54, 1.807) is 6.20 Å². The molecule has 1 aromatic rings. The van der Waals surface area contributed by atoms with Gasteiger partial charge in [0.25, 0.3) is 0 Å². The van der Waals surface area contributed by atoms with Crippen LogP contribution in [-0.4, -0.2) is 51.5 Å². The van der Waals surface area contributed by atoms with E-state index in [0.29, 0.717) is 17.5 Å². The molecule has 1 aliphatic carbocycles. The molecule has 30 heavy (non-hydrogen) atoms. The summed E-state index contributed by atoms with van der Waals surface area (Å²) >= 11 is 0. The summed E-state index contributed by atoms with van der Waals surface area (Å²) in [6.07, 6.45) is 5.94. The molecule has 9 nitrogen and oxygen atoms in total. The maximum atomic E-state index is 11.4. The van der Waals surface area contributed by atoms with Gasteiger partial charge in [0.05, 0.1) is 18.0 Å². The molecular formula is C21H36N6O3. The number of carboxylic acid groups (broad SMARTS) is 1. The van der Waals surface area contributed by atoms with E-state index in [1.165, 1.54) is 0 Å². The third kappa shape index (κ3) is 5.24. The van der Waals surface area contributed by atoms with Crippen LogP contribution in [0.2, 0.25) is 0 Å². The van der Waals surface area contributed by atoms with Gasteiger partial charge >= 0.3 is 6.09 Å².